The molecule has 0 aliphatic rings. The Hall–Kier alpha value is -2.28. The number of rotatable bonds is 10. The van der Waals surface area contributed by atoms with Gasteiger partial charge in [-0.25, -0.2) is 4.79 Å². The average Bonchev–Trinajstić information content (AvgIpc) is 2.63. The fourth-order valence-corrected chi connectivity index (χ4v) is 3.96. The predicted octanol–water partition coefficient (Wildman–Crippen LogP) is 5.26. The Bertz CT molecular complexity index is 821. The third-order valence-corrected chi connectivity index (χ3v) is 6.05. The number of hydrogen-bond donors (Lipinski definition) is 4. The summed E-state index contributed by atoms with van der Waals surface area (Å²) in [5.74, 6) is -1.21. The summed E-state index contributed by atoms with van der Waals surface area (Å²) in [6.45, 7) is 17.1. The van der Waals surface area contributed by atoms with Crippen LogP contribution in [0.3, 0.4) is 0 Å². The minimum Gasteiger partial charge on any atom is -0.508 e. The van der Waals surface area contributed by atoms with Gasteiger partial charge >= 0.3 is 12.1 Å². The van der Waals surface area contributed by atoms with E-state index in [0.717, 1.165) is 11.1 Å². The van der Waals surface area contributed by atoms with Crippen LogP contribution in [0.1, 0.15) is 86.3 Å². The van der Waals surface area contributed by atoms with Gasteiger partial charge in [0.15, 0.2) is 0 Å². The van der Waals surface area contributed by atoms with Gasteiger partial charge in [0.1, 0.15) is 11.4 Å². The number of hydrogen-bond acceptors (Lipinski definition) is 5. The molecule has 7 nitrogen and oxygen atoms in total. The SMILES string of the molecule is CC(C)[C@@H](Cc1ccc(C(C)(C)C)c(O)c1)C[C@H](NC(=O)OC(C)(C)C)[C@@H](O)C[C@@H](C)C(=O)O. The van der Waals surface area contributed by atoms with Crippen molar-refractivity contribution in [2.45, 2.75) is 105 Å². The third kappa shape index (κ3) is 9.92. The fraction of sp³-hybridized carbons (Fsp3) is 0.704. The molecule has 0 spiro atoms. The number of ether oxygens (including phenoxy) is 1. The number of carbonyl (C=O) groups excluding carboxylic acids is 1. The van der Waals surface area contributed by atoms with Gasteiger partial charge in [0.05, 0.1) is 18.1 Å². The first kappa shape index (κ1) is 29.8. The van der Waals surface area contributed by atoms with Crippen LogP contribution in [0.2, 0.25) is 0 Å². The van der Waals surface area contributed by atoms with Crippen molar-refractivity contribution in [1.82, 2.24) is 5.32 Å². The zero-order chi connectivity index (χ0) is 26.4. The lowest BCUT2D eigenvalue weighted by Crippen LogP contribution is -2.47. The maximum absolute atomic E-state index is 12.5. The second-order valence-electron chi connectivity index (χ2n) is 11.8. The number of phenolic OH excluding ortho intramolecular Hbond substituents is 1. The van der Waals surface area contributed by atoms with E-state index in [0.29, 0.717) is 12.8 Å². The second kappa shape index (κ2) is 11.9. The molecule has 0 aliphatic heterocycles. The molecule has 0 aromatic heterocycles. The van der Waals surface area contributed by atoms with E-state index in [9.17, 15) is 24.9 Å². The van der Waals surface area contributed by atoms with Gasteiger partial charge in [0, 0.05) is 0 Å². The van der Waals surface area contributed by atoms with E-state index in [-0.39, 0.29) is 29.4 Å². The third-order valence-electron chi connectivity index (χ3n) is 6.05. The van der Waals surface area contributed by atoms with E-state index >= 15 is 0 Å². The lowest BCUT2D eigenvalue weighted by Gasteiger charge is -2.32. The Kier molecular flexibility index (Phi) is 10.4. The van der Waals surface area contributed by atoms with Gasteiger partial charge < -0.3 is 25.4 Å². The maximum atomic E-state index is 12.5. The summed E-state index contributed by atoms with van der Waals surface area (Å²) in [7, 11) is 0. The number of carbonyl (C=O) groups is 2. The summed E-state index contributed by atoms with van der Waals surface area (Å²) in [5.41, 5.74) is 0.971. The number of carboxylic acid groups (broad SMARTS) is 1. The van der Waals surface area contributed by atoms with Crippen LogP contribution in [0.15, 0.2) is 18.2 Å². The van der Waals surface area contributed by atoms with Gasteiger partial charge in [0.2, 0.25) is 0 Å². The molecule has 0 radical (unpaired) electrons. The van der Waals surface area contributed by atoms with E-state index in [1.165, 1.54) is 6.92 Å². The molecule has 1 amide bonds. The number of aliphatic hydroxyl groups is 1. The van der Waals surface area contributed by atoms with Gasteiger partial charge in [-0.1, -0.05) is 53.7 Å². The molecule has 1 rings (SSSR count). The standard InChI is InChI=1S/C27H45NO6/c1-16(2)19(13-18-10-11-20(22(29)14-18)26(4,5)6)15-21(23(30)12-17(3)24(31)32)28-25(33)34-27(7,8)9/h10-11,14,16-17,19,21,23,29-30H,12-13,15H2,1-9H3,(H,28,33)(H,31,32)/t17-,19+,21+,23+/m1/s1. The van der Waals surface area contributed by atoms with Crippen molar-refractivity contribution in [3.05, 3.63) is 29.3 Å². The van der Waals surface area contributed by atoms with Crippen LogP contribution in [0.25, 0.3) is 0 Å². The van der Waals surface area contributed by atoms with Crippen LogP contribution in [0.5, 0.6) is 5.75 Å². The summed E-state index contributed by atoms with van der Waals surface area (Å²) >= 11 is 0. The molecule has 0 fully saturated rings. The number of nitrogens with one attached hydrogen (secondary N) is 1. The number of alkyl carbamates (subject to hydrolysis) is 1. The minimum atomic E-state index is -1.04. The zero-order valence-electron chi connectivity index (χ0n) is 22.3. The van der Waals surface area contributed by atoms with Crippen molar-refractivity contribution < 1.29 is 29.6 Å². The largest absolute Gasteiger partial charge is 0.508 e. The zero-order valence-corrected chi connectivity index (χ0v) is 22.3. The number of carboxylic acids is 1. The minimum absolute atomic E-state index is 0.0156. The molecular weight excluding hydrogens is 434 g/mol. The van der Waals surface area contributed by atoms with Crippen molar-refractivity contribution >= 4 is 12.1 Å². The van der Waals surface area contributed by atoms with Crippen molar-refractivity contribution in [2.75, 3.05) is 0 Å². The van der Waals surface area contributed by atoms with Crippen LogP contribution in [0.4, 0.5) is 4.79 Å². The average molecular weight is 480 g/mol. The highest BCUT2D eigenvalue weighted by molar-refractivity contribution is 5.70. The Morgan fingerprint density at radius 2 is 1.62 bits per heavy atom. The van der Waals surface area contributed by atoms with E-state index in [4.69, 9.17) is 4.74 Å². The number of aliphatic carboxylic acids is 1. The molecular formula is C27H45NO6. The number of amides is 1. The molecule has 0 saturated carbocycles. The Labute approximate surface area is 204 Å². The molecule has 0 saturated heterocycles. The molecule has 4 atom stereocenters. The van der Waals surface area contributed by atoms with Crippen LogP contribution in [-0.4, -0.2) is 45.1 Å². The van der Waals surface area contributed by atoms with E-state index < -0.39 is 35.7 Å². The smallest absolute Gasteiger partial charge is 0.407 e. The van der Waals surface area contributed by atoms with E-state index in [1.807, 2.05) is 32.9 Å². The van der Waals surface area contributed by atoms with Crippen molar-refractivity contribution in [3.8, 4) is 5.75 Å². The summed E-state index contributed by atoms with van der Waals surface area (Å²) in [4.78, 5) is 23.8. The number of aromatic hydroxyl groups is 1. The summed E-state index contributed by atoms with van der Waals surface area (Å²) in [6, 6.07) is 5.07. The molecule has 34 heavy (non-hydrogen) atoms. The highest BCUT2D eigenvalue weighted by Crippen LogP contribution is 2.33. The van der Waals surface area contributed by atoms with Crippen LogP contribution >= 0.6 is 0 Å². The van der Waals surface area contributed by atoms with Gasteiger partial charge in [-0.2, -0.15) is 0 Å². The van der Waals surface area contributed by atoms with Crippen LogP contribution < -0.4 is 5.32 Å². The predicted molar refractivity (Wildman–Crippen MR) is 134 cm³/mol. The number of aliphatic hydroxyl groups excluding tert-OH is 1. The quantitative estimate of drug-likeness (QED) is 0.364. The van der Waals surface area contributed by atoms with Gasteiger partial charge in [0.25, 0.3) is 0 Å². The van der Waals surface area contributed by atoms with Crippen molar-refractivity contribution in [1.29, 1.82) is 0 Å². The Morgan fingerprint density at radius 3 is 2.06 bits per heavy atom. The molecule has 0 unspecified atom stereocenters. The van der Waals surface area contributed by atoms with Crippen molar-refractivity contribution in [2.24, 2.45) is 17.8 Å². The van der Waals surface area contributed by atoms with E-state index in [2.05, 4.69) is 19.2 Å². The summed E-state index contributed by atoms with van der Waals surface area (Å²) in [5, 5.41) is 33.5. The van der Waals surface area contributed by atoms with E-state index in [1.54, 1.807) is 26.8 Å². The summed E-state index contributed by atoms with van der Waals surface area (Å²) < 4.78 is 5.38. The van der Waals surface area contributed by atoms with Crippen molar-refractivity contribution in [3.63, 3.8) is 0 Å². The molecule has 1 aromatic rings. The first-order chi connectivity index (χ1) is 15.4. The van der Waals surface area contributed by atoms with Gasteiger partial charge in [-0.3, -0.25) is 4.79 Å². The molecule has 4 N–H and O–H groups in total. The number of phenols is 1. The molecule has 0 aliphatic carbocycles. The monoisotopic (exact) mass is 479 g/mol. The Balaban J connectivity index is 3.12. The molecule has 1 aromatic carbocycles. The highest BCUT2D eigenvalue weighted by Gasteiger charge is 2.31. The van der Waals surface area contributed by atoms with Gasteiger partial charge in [-0.15, -0.1) is 0 Å². The topological polar surface area (TPSA) is 116 Å². The molecule has 7 heteroatoms. The molecule has 194 valence electrons. The fourth-order valence-electron chi connectivity index (χ4n) is 3.96. The Morgan fingerprint density at radius 1 is 1.03 bits per heavy atom. The van der Waals surface area contributed by atoms with Crippen LogP contribution in [-0.2, 0) is 21.4 Å². The first-order valence-corrected chi connectivity index (χ1v) is 12.1. The lowest BCUT2D eigenvalue weighted by atomic mass is 9.80. The maximum Gasteiger partial charge on any atom is 0.407 e. The second-order valence-corrected chi connectivity index (χ2v) is 11.8. The summed E-state index contributed by atoms with van der Waals surface area (Å²) in [6.07, 6.45) is -0.595. The lowest BCUT2D eigenvalue weighted by molar-refractivity contribution is -0.142. The van der Waals surface area contributed by atoms with Gasteiger partial charge in [-0.05, 0) is 74.5 Å². The molecule has 0 heterocycles. The normalized spacial score (nSPS) is 16.0. The molecule has 0 bridgehead atoms. The number of benzene rings is 1. The van der Waals surface area contributed by atoms with Crippen LogP contribution in [0, 0.1) is 17.8 Å². The first-order valence-electron chi connectivity index (χ1n) is 12.1. The highest BCUT2D eigenvalue weighted by atomic mass is 16.6.